The fourth-order valence-corrected chi connectivity index (χ4v) is 5.18. The molecule has 0 aromatic rings. The number of carbonyl (C=O) groups is 4. The second kappa shape index (κ2) is 9.80. The highest BCUT2D eigenvalue weighted by molar-refractivity contribution is 8.01. The molecule has 2 rings (SSSR count). The van der Waals surface area contributed by atoms with Gasteiger partial charge in [-0.2, -0.15) is 0 Å². The lowest BCUT2D eigenvalue weighted by Crippen LogP contribution is -2.56. The van der Waals surface area contributed by atoms with E-state index in [4.69, 9.17) is 5.11 Å². The van der Waals surface area contributed by atoms with Gasteiger partial charge in [0.15, 0.2) is 0 Å². The first-order valence-corrected chi connectivity index (χ1v) is 10.1. The van der Waals surface area contributed by atoms with Crippen LogP contribution in [0.5, 0.6) is 0 Å². The molecule has 0 bridgehead atoms. The molecule has 2 aliphatic heterocycles. The van der Waals surface area contributed by atoms with Gasteiger partial charge in [-0.1, -0.05) is 12.8 Å². The Kier molecular flexibility index (Phi) is 7.74. The molecule has 4 N–H and O–H groups in total. The van der Waals surface area contributed by atoms with Gasteiger partial charge in [-0.15, -0.1) is 11.8 Å². The third kappa shape index (κ3) is 5.12. The number of rotatable bonds is 12. The maximum Gasteiger partial charge on any atom is 0.315 e. The smallest absolute Gasteiger partial charge is 0.315 e. The van der Waals surface area contributed by atoms with Gasteiger partial charge in [-0.3, -0.25) is 9.59 Å². The number of unbranched alkanes of at least 4 members (excludes halogenated alkanes) is 4. The van der Waals surface area contributed by atoms with Crippen LogP contribution >= 0.6 is 11.8 Å². The van der Waals surface area contributed by atoms with E-state index in [1.807, 2.05) is 0 Å². The van der Waals surface area contributed by atoms with Crippen LogP contribution in [0.4, 0.5) is 4.79 Å². The number of aldehydes is 1. The summed E-state index contributed by atoms with van der Waals surface area (Å²) in [6.07, 6.45) is 5.68. The molecule has 0 spiro atoms. The van der Waals surface area contributed by atoms with E-state index in [9.17, 15) is 19.2 Å². The van der Waals surface area contributed by atoms with E-state index in [1.54, 1.807) is 0 Å². The Labute approximate surface area is 157 Å². The highest BCUT2D eigenvalue weighted by atomic mass is 32.2. The first kappa shape index (κ1) is 20.5. The summed E-state index contributed by atoms with van der Waals surface area (Å²) in [6, 6.07) is -0.609. The van der Waals surface area contributed by atoms with Gasteiger partial charge in [0.1, 0.15) is 11.0 Å². The summed E-state index contributed by atoms with van der Waals surface area (Å²) in [5.74, 6) is -0.272. The zero-order valence-corrected chi connectivity index (χ0v) is 15.6. The van der Waals surface area contributed by atoms with Gasteiger partial charge < -0.3 is 25.9 Å². The van der Waals surface area contributed by atoms with E-state index in [1.165, 1.54) is 11.8 Å². The second-order valence-corrected chi connectivity index (χ2v) is 8.13. The summed E-state index contributed by atoms with van der Waals surface area (Å²) in [6.45, 7) is 0.536. The lowest BCUT2D eigenvalue weighted by Gasteiger charge is -2.32. The van der Waals surface area contributed by atoms with E-state index in [0.29, 0.717) is 38.0 Å². The fourth-order valence-electron chi connectivity index (χ4n) is 3.54. The van der Waals surface area contributed by atoms with Crippen molar-refractivity contribution in [2.24, 2.45) is 0 Å². The molecule has 0 unspecified atom stereocenters. The van der Waals surface area contributed by atoms with Crippen molar-refractivity contribution in [2.75, 3.05) is 12.3 Å². The largest absolute Gasteiger partial charge is 0.481 e. The van der Waals surface area contributed by atoms with Gasteiger partial charge in [0.05, 0.1) is 12.1 Å². The lowest BCUT2D eigenvalue weighted by molar-refractivity contribution is -0.137. The molecule has 2 heterocycles. The van der Waals surface area contributed by atoms with Crippen molar-refractivity contribution >= 4 is 36.0 Å². The number of aliphatic carboxylic acids is 1. The maximum absolute atomic E-state index is 13.0. The number of nitrogens with one attached hydrogen (secondary N) is 3. The highest BCUT2D eigenvalue weighted by Gasteiger charge is 2.57. The Morgan fingerprint density at radius 3 is 2.77 bits per heavy atom. The molecule has 0 aliphatic carbocycles. The van der Waals surface area contributed by atoms with Crippen LogP contribution in [0.25, 0.3) is 0 Å². The number of carboxylic acids is 1. The monoisotopic (exact) mass is 385 g/mol. The van der Waals surface area contributed by atoms with Crippen molar-refractivity contribution in [3.05, 3.63) is 0 Å². The number of hydrogen-bond donors (Lipinski definition) is 4. The topological polar surface area (TPSA) is 125 Å². The third-order valence-corrected chi connectivity index (χ3v) is 6.57. The van der Waals surface area contributed by atoms with Crippen LogP contribution in [0.2, 0.25) is 0 Å². The molecule has 0 saturated carbocycles. The number of fused-ring (bicyclic) bond motifs is 1. The summed E-state index contributed by atoms with van der Waals surface area (Å²) in [5.41, 5.74) is 0. The molecule has 3 atom stereocenters. The summed E-state index contributed by atoms with van der Waals surface area (Å²) in [4.78, 5) is 45.7. The van der Waals surface area contributed by atoms with Gasteiger partial charge in [-0.25, -0.2) is 4.79 Å². The van der Waals surface area contributed by atoms with Crippen molar-refractivity contribution in [3.63, 3.8) is 0 Å². The number of carbonyl (C=O) groups excluding carboxylic acids is 3. The Morgan fingerprint density at radius 1 is 1.23 bits per heavy atom. The SMILES string of the molecule is O=CCCCCCNC(=O)[C@@]1(CCCCC(=O)O)SC[C@@H]2NC(=O)N[C@@H]21. The Bertz CT molecular complexity index is 544. The first-order valence-electron chi connectivity index (χ1n) is 9.14. The summed E-state index contributed by atoms with van der Waals surface area (Å²) < 4.78 is -0.759. The van der Waals surface area contributed by atoms with Crippen LogP contribution in [0.15, 0.2) is 0 Å². The van der Waals surface area contributed by atoms with Gasteiger partial charge in [0.25, 0.3) is 0 Å². The molecule has 0 aromatic heterocycles. The average molecular weight is 385 g/mol. The van der Waals surface area contributed by atoms with Crippen LogP contribution in [0, 0.1) is 0 Å². The molecule has 2 aliphatic rings. The number of amides is 3. The zero-order valence-electron chi connectivity index (χ0n) is 14.8. The van der Waals surface area contributed by atoms with Crippen molar-refractivity contribution in [1.29, 1.82) is 0 Å². The number of hydrogen-bond acceptors (Lipinski definition) is 5. The molecule has 2 saturated heterocycles. The molecule has 2 fully saturated rings. The zero-order chi connectivity index (χ0) is 19.0. The van der Waals surface area contributed by atoms with Crippen molar-refractivity contribution in [1.82, 2.24) is 16.0 Å². The second-order valence-electron chi connectivity index (χ2n) is 6.78. The Hall–Kier alpha value is -1.77. The molecular formula is C17H27N3O5S. The minimum Gasteiger partial charge on any atom is -0.481 e. The highest BCUT2D eigenvalue weighted by Crippen LogP contribution is 2.44. The van der Waals surface area contributed by atoms with Crippen LogP contribution in [0.3, 0.4) is 0 Å². The van der Waals surface area contributed by atoms with E-state index in [2.05, 4.69) is 16.0 Å². The van der Waals surface area contributed by atoms with Crippen LogP contribution in [-0.2, 0) is 14.4 Å². The van der Waals surface area contributed by atoms with Gasteiger partial charge in [-0.05, 0) is 25.7 Å². The predicted molar refractivity (Wildman–Crippen MR) is 98.1 cm³/mol. The summed E-state index contributed by atoms with van der Waals surface area (Å²) >= 11 is 1.54. The molecule has 26 heavy (non-hydrogen) atoms. The quantitative estimate of drug-likeness (QED) is 0.226. The first-order chi connectivity index (χ1) is 12.5. The predicted octanol–water partition coefficient (Wildman–Crippen LogP) is 1.04. The number of thioether (sulfide) groups is 1. The maximum atomic E-state index is 13.0. The van der Waals surface area contributed by atoms with Gasteiger partial charge >= 0.3 is 12.0 Å². The molecular weight excluding hydrogens is 358 g/mol. The van der Waals surface area contributed by atoms with Crippen LogP contribution in [0.1, 0.15) is 51.4 Å². The summed E-state index contributed by atoms with van der Waals surface area (Å²) in [5, 5.41) is 17.5. The molecule has 8 nitrogen and oxygen atoms in total. The molecule has 0 aromatic carbocycles. The number of carboxylic acid groups (broad SMARTS) is 1. The van der Waals surface area contributed by atoms with Gasteiger partial charge in [0.2, 0.25) is 5.91 Å². The molecule has 3 amide bonds. The van der Waals surface area contributed by atoms with Gasteiger partial charge in [0, 0.05) is 25.1 Å². The standard InChI is InChI=1S/C17H27N3O5S/c21-10-6-2-1-5-9-18-15(24)17(8-4-3-7-13(22)23)14-12(11-26-17)19-16(25)20-14/h10,12,14H,1-9,11H2,(H,18,24)(H,22,23)(H2,19,20,25)/t12-,14-,17-/m0/s1. The van der Waals surface area contributed by atoms with E-state index in [-0.39, 0.29) is 30.4 Å². The Morgan fingerprint density at radius 2 is 2.04 bits per heavy atom. The normalized spacial score (nSPS) is 26.7. The third-order valence-electron chi connectivity index (χ3n) is 4.89. The van der Waals surface area contributed by atoms with Crippen LogP contribution in [-0.4, -0.2) is 58.4 Å². The van der Waals surface area contributed by atoms with E-state index < -0.39 is 10.7 Å². The minimum atomic E-state index is -0.841. The lowest BCUT2D eigenvalue weighted by atomic mass is 9.88. The average Bonchev–Trinajstić information content (AvgIpc) is 3.13. The minimum absolute atomic E-state index is 0.0784. The Balaban J connectivity index is 1.92. The molecule has 146 valence electrons. The summed E-state index contributed by atoms with van der Waals surface area (Å²) in [7, 11) is 0. The number of urea groups is 1. The van der Waals surface area contributed by atoms with Crippen molar-refractivity contribution in [3.8, 4) is 0 Å². The molecule has 9 heteroatoms. The van der Waals surface area contributed by atoms with E-state index in [0.717, 1.165) is 25.5 Å². The van der Waals surface area contributed by atoms with Crippen molar-refractivity contribution in [2.45, 2.75) is 68.2 Å². The van der Waals surface area contributed by atoms with Crippen molar-refractivity contribution < 1.29 is 24.3 Å². The molecule has 0 radical (unpaired) electrons. The van der Waals surface area contributed by atoms with Crippen LogP contribution < -0.4 is 16.0 Å². The van der Waals surface area contributed by atoms with E-state index >= 15 is 0 Å². The fraction of sp³-hybridized carbons (Fsp3) is 0.765.